The number of aromatic hydroxyl groups is 1. The minimum absolute atomic E-state index is 0.0937. The van der Waals surface area contributed by atoms with Crippen LogP contribution in [0.25, 0.3) is 0 Å². The Morgan fingerprint density at radius 2 is 1.62 bits per heavy atom. The van der Waals surface area contributed by atoms with Gasteiger partial charge in [0.05, 0.1) is 5.56 Å². The predicted octanol–water partition coefficient (Wildman–Crippen LogP) is 4.59. The van der Waals surface area contributed by atoms with E-state index in [2.05, 4.69) is 35.6 Å². The van der Waals surface area contributed by atoms with Gasteiger partial charge in [0.25, 0.3) is 5.56 Å². The summed E-state index contributed by atoms with van der Waals surface area (Å²) in [6.45, 7) is 9.75. The molecule has 0 saturated heterocycles. The van der Waals surface area contributed by atoms with Crippen LogP contribution in [0.15, 0.2) is 9.95 Å². The van der Waals surface area contributed by atoms with Crippen LogP contribution in [0.4, 0.5) is 0 Å². The standard InChI is InChI=1S/C20H37N3O2S/c1-4-7-8-9-10-11-12-17-18(24)21-20(22-19(17)25)26-16-15-23(13-5-2)14-6-3/h4-16H2,1-3H3,(H2,21,22,24,25). The van der Waals surface area contributed by atoms with E-state index in [1.165, 1.54) is 37.4 Å². The maximum Gasteiger partial charge on any atom is 0.258 e. The average Bonchev–Trinajstić information content (AvgIpc) is 2.60. The molecule has 0 atom stereocenters. The largest absolute Gasteiger partial charge is 0.493 e. The Morgan fingerprint density at radius 3 is 2.23 bits per heavy atom. The van der Waals surface area contributed by atoms with E-state index >= 15 is 0 Å². The normalized spacial score (nSPS) is 11.4. The van der Waals surface area contributed by atoms with Crippen LogP contribution in [0.1, 0.15) is 77.7 Å². The van der Waals surface area contributed by atoms with Crippen molar-refractivity contribution >= 4 is 11.8 Å². The van der Waals surface area contributed by atoms with Crippen LogP contribution in [0.2, 0.25) is 0 Å². The van der Waals surface area contributed by atoms with E-state index in [0.29, 0.717) is 17.1 Å². The number of hydrogen-bond acceptors (Lipinski definition) is 5. The van der Waals surface area contributed by atoms with Gasteiger partial charge in [0, 0.05) is 12.3 Å². The highest BCUT2D eigenvalue weighted by molar-refractivity contribution is 7.99. The lowest BCUT2D eigenvalue weighted by Crippen LogP contribution is -2.28. The molecule has 2 N–H and O–H groups in total. The molecule has 0 radical (unpaired) electrons. The van der Waals surface area contributed by atoms with Crippen LogP contribution < -0.4 is 5.56 Å². The Balaban J connectivity index is 2.46. The quantitative estimate of drug-likeness (QED) is 0.263. The summed E-state index contributed by atoms with van der Waals surface area (Å²) in [6, 6.07) is 0. The van der Waals surface area contributed by atoms with Crippen molar-refractivity contribution < 1.29 is 5.11 Å². The zero-order valence-electron chi connectivity index (χ0n) is 16.9. The third-order valence-corrected chi connectivity index (χ3v) is 5.33. The van der Waals surface area contributed by atoms with E-state index in [9.17, 15) is 9.90 Å². The Bertz CT molecular complexity index is 542. The van der Waals surface area contributed by atoms with Crippen LogP contribution in [-0.4, -0.2) is 45.4 Å². The average molecular weight is 384 g/mol. The number of unbranched alkanes of at least 4 members (excludes halogenated alkanes) is 5. The highest BCUT2D eigenvalue weighted by atomic mass is 32.2. The summed E-state index contributed by atoms with van der Waals surface area (Å²) in [4.78, 5) is 21.7. The van der Waals surface area contributed by atoms with Crippen LogP contribution >= 0.6 is 11.8 Å². The van der Waals surface area contributed by atoms with Gasteiger partial charge in [-0.2, -0.15) is 4.98 Å². The Morgan fingerprint density at radius 1 is 0.962 bits per heavy atom. The summed E-state index contributed by atoms with van der Waals surface area (Å²) >= 11 is 1.51. The van der Waals surface area contributed by atoms with E-state index in [4.69, 9.17) is 0 Å². The number of rotatable bonds is 15. The van der Waals surface area contributed by atoms with Crippen LogP contribution in [-0.2, 0) is 6.42 Å². The second kappa shape index (κ2) is 14.1. The lowest BCUT2D eigenvalue weighted by Gasteiger charge is -2.20. The third-order valence-electron chi connectivity index (χ3n) is 4.48. The minimum atomic E-state index is -0.187. The highest BCUT2D eigenvalue weighted by Gasteiger charge is 2.11. The minimum Gasteiger partial charge on any atom is -0.493 e. The molecule has 150 valence electrons. The van der Waals surface area contributed by atoms with Crippen molar-refractivity contribution in [1.29, 1.82) is 0 Å². The SMILES string of the molecule is CCCCCCCCc1c(O)nc(SCCN(CCC)CCC)[nH]c1=O. The van der Waals surface area contributed by atoms with Crippen molar-refractivity contribution in [2.24, 2.45) is 0 Å². The number of nitrogens with one attached hydrogen (secondary N) is 1. The van der Waals surface area contributed by atoms with Crippen LogP contribution in [0, 0.1) is 0 Å². The first-order valence-electron chi connectivity index (χ1n) is 10.3. The topological polar surface area (TPSA) is 69.2 Å². The van der Waals surface area contributed by atoms with E-state index in [1.807, 2.05) is 0 Å². The first-order valence-corrected chi connectivity index (χ1v) is 11.3. The molecule has 0 aliphatic heterocycles. The number of aromatic amines is 1. The summed E-state index contributed by atoms with van der Waals surface area (Å²) in [5, 5.41) is 10.7. The lowest BCUT2D eigenvalue weighted by atomic mass is 10.1. The van der Waals surface area contributed by atoms with Gasteiger partial charge in [-0.05, 0) is 38.8 Å². The molecule has 0 unspecified atom stereocenters. The van der Waals surface area contributed by atoms with E-state index in [0.717, 1.165) is 51.1 Å². The molecule has 0 saturated carbocycles. The summed E-state index contributed by atoms with van der Waals surface area (Å²) in [5.74, 6) is 0.767. The maximum atomic E-state index is 12.2. The summed E-state index contributed by atoms with van der Waals surface area (Å²) in [7, 11) is 0. The zero-order chi connectivity index (χ0) is 19.2. The maximum absolute atomic E-state index is 12.2. The Kier molecular flexibility index (Phi) is 12.5. The van der Waals surface area contributed by atoms with Crippen molar-refractivity contribution in [1.82, 2.24) is 14.9 Å². The van der Waals surface area contributed by atoms with E-state index in [-0.39, 0.29) is 11.4 Å². The summed E-state index contributed by atoms with van der Waals surface area (Å²) in [6.07, 6.45) is 9.87. The molecule has 0 amide bonds. The fourth-order valence-electron chi connectivity index (χ4n) is 3.08. The van der Waals surface area contributed by atoms with Gasteiger partial charge < -0.3 is 15.0 Å². The Hall–Kier alpha value is -1.01. The van der Waals surface area contributed by atoms with Gasteiger partial charge in [0.1, 0.15) is 0 Å². The molecule has 1 rings (SSSR count). The highest BCUT2D eigenvalue weighted by Crippen LogP contribution is 2.18. The molecule has 6 heteroatoms. The van der Waals surface area contributed by atoms with Crippen LogP contribution in [0.3, 0.4) is 0 Å². The van der Waals surface area contributed by atoms with Gasteiger partial charge in [0.2, 0.25) is 5.88 Å². The molecular weight excluding hydrogens is 346 g/mol. The molecule has 0 bridgehead atoms. The van der Waals surface area contributed by atoms with Gasteiger partial charge in [-0.15, -0.1) is 0 Å². The molecule has 0 aliphatic carbocycles. The molecule has 0 fully saturated rings. The van der Waals surface area contributed by atoms with E-state index in [1.54, 1.807) is 0 Å². The number of nitrogens with zero attached hydrogens (tertiary/aromatic N) is 2. The number of H-pyrrole nitrogens is 1. The van der Waals surface area contributed by atoms with Crippen molar-refractivity contribution in [2.75, 3.05) is 25.4 Å². The zero-order valence-corrected chi connectivity index (χ0v) is 17.7. The molecule has 0 spiro atoms. The van der Waals surface area contributed by atoms with Gasteiger partial charge in [-0.3, -0.25) is 4.79 Å². The monoisotopic (exact) mass is 383 g/mol. The van der Waals surface area contributed by atoms with Crippen LogP contribution in [0.5, 0.6) is 5.88 Å². The summed E-state index contributed by atoms with van der Waals surface area (Å²) in [5.41, 5.74) is 0.246. The first-order chi connectivity index (χ1) is 12.6. The molecule has 0 aliphatic rings. The van der Waals surface area contributed by atoms with Gasteiger partial charge >= 0.3 is 0 Å². The van der Waals surface area contributed by atoms with Gasteiger partial charge in [-0.25, -0.2) is 0 Å². The molecule has 0 aromatic carbocycles. The molecule has 1 aromatic rings. The second-order valence-corrected chi connectivity index (χ2v) is 7.96. The lowest BCUT2D eigenvalue weighted by molar-refractivity contribution is 0.292. The number of thioether (sulfide) groups is 1. The predicted molar refractivity (Wildman–Crippen MR) is 111 cm³/mol. The molecule has 1 heterocycles. The van der Waals surface area contributed by atoms with Gasteiger partial charge in [-0.1, -0.05) is 64.6 Å². The Labute approximate surface area is 163 Å². The van der Waals surface area contributed by atoms with Gasteiger partial charge in [0.15, 0.2) is 5.16 Å². The van der Waals surface area contributed by atoms with Crippen molar-refractivity contribution in [3.8, 4) is 5.88 Å². The second-order valence-electron chi connectivity index (χ2n) is 6.88. The molecule has 5 nitrogen and oxygen atoms in total. The van der Waals surface area contributed by atoms with E-state index < -0.39 is 0 Å². The van der Waals surface area contributed by atoms with Crippen molar-refractivity contribution in [3.05, 3.63) is 15.9 Å². The fraction of sp³-hybridized carbons (Fsp3) is 0.800. The van der Waals surface area contributed by atoms with Crippen molar-refractivity contribution in [2.45, 2.75) is 83.7 Å². The summed E-state index contributed by atoms with van der Waals surface area (Å²) < 4.78 is 0. The van der Waals surface area contributed by atoms with Crippen molar-refractivity contribution in [3.63, 3.8) is 0 Å². The molecule has 1 aromatic heterocycles. The number of aromatic nitrogens is 2. The number of hydrogen-bond donors (Lipinski definition) is 2. The fourth-order valence-corrected chi connectivity index (χ4v) is 3.94. The molecule has 26 heavy (non-hydrogen) atoms. The third kappa shape index (κ3) is 9.08. The smallest absolute Gasteiger partial charge is 0.258 e. The first kappa shape index (κ1) is 23.0. The molecular formula is C20H37N3O2S.